The molecule has 0 amide bonds. The summed E-state index contributed by atoms with van der Waals surface area (Å²) in [7, 11) is -4.35. The minimum Gasteiger partial charge on any atom is -0.497 e. The average Bonchev–Trinajstić information content (AvgIpc) is 3.27. The SMILES string of the molecule is COc1ccc(S(=O)(=O)N(C[C@H]2CCCO2)[C@@H]2CCS(=O)(=O)C2)c(OC)c1. The Kier molecular flexibility index (Phi) is 5.99. The number of ether oxygens (including phenoxy) is 3. The number of sulfonamides is 1. The third-order valence-electron chi connectivity index (χ3n) is 4.98. The molecule has 1 aromatic rings. The lowest BCUT2D eigenvalue weighted by molar-refractivity contribution is 0.0876. The summed E-state index contributed by atoms with van der Waals surface area (Å²) in [4.78, 5) is -0.00639. The van der Waals surface area contributed by atoms with E-state index in [1.54, 1.807) is 6.07 Å². The molecule has 0 saturated carbocycles. The number of hydrogen-bond acceptors (Lipinski definition) is 7. The van der Waals surface area contributed by atoms with Crippen molar-refractivity contribution in [3.63, 3.8) is 0 Å². The second-order valence-electron chi connectivity index (χ2n) is 6.78. The predicted molar refractivity (Wildman–Crippen MR) is 99.5 cm³/mol. The molecule has 0 aliphatic carbocycles. The van der Waals surface area contributed by atoms with Crippen LogP contribution in [0.4, 0.5) is 0 Å². The van der Waals surface area contributed by atoms with Gasteiger partial charge in [0.1, 0.15) is 16.4 Å². The van der Waals surface area contributed by atoms with Crippen LogP contribution in [0.1, 0.15) is 19.3 Å². The van der Waals surface area contributed by atoms with Crippen LogP contribution in [0.15, 0.2) is 23.1 Å². The van der Waals surface area contributed by atoms with Gasteiger partial charge in [0, 0.05) is 25.3 Å². The summed E-state index contributed by atoms with van der Waals surface area (Å²) in [5.41, 5.74) is 0. The van der Waals surface area contributed by atoms with E-state index in [0.29, 0.717) is 12.4 Å². The van der Waals surface area contributed by atoms with Crippen molar-refractivity contribution in [3.8, 4) is 11.5 Å². The van der Waals surface area contributed by atoms with E-state index in [0.717, 1.165) is 12.8 Å². The smallest absolute Gasteiger partial charge is 0.247 e. The molecule has 1 aromatic carbocycles. The first-order chi connectivity index (χ1) is 12.8. The van der Waals surface area contributed by atoms with E-state index in [-0.39, 0.29) is 41.2 Å². The van der Waals surface area contributed by atoms with Gasteiger partial charge in [-0.05, 0) is 31.4 Å². The standard InChI is InChI=1S/C17H25NO7S2/c1-23-14-5-6-17(16(10-14)24-2)27(21,22)18(11-15-4-3-8-25-15)13-7-9-26(19,20)12-13/h5-6,10,13,15H,3-4,7-9,11-12H2,1-2H3/t13-,15-/m1/s1. The largest absolute Gasteiger partial charge is 0.497 e. The molecule has 2 fully saturated rings. The van der Waals surface area contributed by atoms with Gasteiger partial charge in [0.05, 0.1) is 31.8 Å². The fourth-order valence-electron chi connectivity index (χ4n) is 3.55. The maximum Gasteiger partial charge on any atom is 0.247 e. The molecule has 8 nitrogen and oxygen atoms in total. The van der Waals surface area contributed by atoms with Crippen LogP contribution in [-0.2, 0) is 24.6 Å². The van der Waals surface area contributed by atoms with Gasteiger partial charge in [-0.25, -0.2) is 16.8 Å². The molecule has 3 rings (SSSR count). The van der Waals surface area contributed by atoms with Crippen molar-refractivity contribution in [1.82, 2.24) is 4.31 Å². The van der Waals surface area contributed by atoms with E-state index in [1.165, 1.54) is 30.7 Å². The molecule has 2 heterocycles. The van der Waals surface area contributed by atoms with E-state index in [2.05, 4.69) is 0 Å². The Morgan fingerprint density at radius 1 is 1.22 bits per heavy atom. The summed E-state index contributed by atoms with van der Waals surface area (Å²) >= 11 is 0. The van der Waals surface area contributed by atoms with Crippen molar-refractivity contribution in [2.45, 2.75) is 36.3 Å². The van der Waals surface area contributed by atoms with E-state index in [9.17, 15) is 16.8 Å². The highest BCUT2D eigenvalue weighted by atomic mass is 32.2. The van der Waals surface area contributed by atoms with Crippen LogP contribution in [0.5, 0.6) is 11.5 Å². The Hall–Kier alpha value is -1.36. The molecule has 152 valence electrons. The van der Waals surface area contributed by atoms with Crippen LogP contribution in [0.3, 0.4) is 0 Å². The van der Waals surface area contributed by atoms with E-state index < -0.39 is 25.9 Å². The summed E-state index contributed by atoms with van der Waals surface area (Å²) in [6.07, 6.45) is 1.68. The van der Waals surface area contributed by atoms with Crippen LogP contribution in [0, 0.1) is 0 Å². The van der Waals surface area contributed by atoms with Crippen molar-refractivity contribution in [3.05, 3.63) is 18.2 Å². The molecule has 2 aliphatic rings. The molecular formula is C17H25NO7S2. The second-order valence-corrected chi connectivity index (χ2v) is 10.9. The second kappa shape index (κ2) is 7.94. The summed E-state index contributed by atoms with van der Waals surface area (Å²) in [5.74, 6) is 0.458. The summed E-state index contributed by atoms with van der Waals surface area (Å²) in [6, 6.07) is 3.88. The Morgan fingerprint density at radius 3 is 2.56 bits per heavy atom. The Labute approximate surface area is 160 Å². The topological polar surface area (TPSA) is 99.2 Å². The normalized spacial score (nSPS) is 25.0. The maximum atomic E-state index is 13.5. The molecule has 0 N–H and O–H groups in total. The molecule has 0 aromatic heterocycles. The van der Waals surface area contributed by atoms with Crippen molar-refractivity contribution in [1.29, 1.82) is 0 Å². The Balaban J connectivity index is 1.99. The van der Waals surface area contributed by atoms with Gasteiger partial charge in [0.15, 0.2) is 9.84 Å². The van der Waals surface area contributed by atoms with Gasteiger partial charge in [-0.3, -0.25) is 0 Å². The minimum absolute atomic E-state index is 0.00500. The summed E-state index contributed by atoms with van der Waals surface area (Å²) < 4.78 is 68.1. The van der Waals surface area contributed by atoms with Crippen LogP contribution in [-0.4, -0.2) is 72.2 Å². The molecule has 2 atom stereocenters. The Bertz CT molecular complexity index is 877. The zero-order chi connectivity index (χ0) is 19.7. The predicted octanol–water partition coefficient (Wildman–Crippen LogP) is 1.06. The van der Waals surface area contributed by atoms with Crippen molar-refractivity contribution >= 4 is 19.9 Å². The van der Waals surface area contributed by atoms with Crippen molar-refractivity contribution in [2.24, 2.45) is 0 Å². The van der Waals surface area contributed by atoms with Gasteiger partial charge in [-0.2, -0.15) is 4.31 Å². The van der Waals surface area contributed by atoms with E-state index in [4.69, 9.17) is 14.2 Å². The monoisotopic (exact) mass is 419 g/mol. The molecule has 0 spiro atoms. The number of hydrogen-bond donors (Lipinski definition) is 0. The van der Waals surface area contributed by atoms with E-state index >= 15 is 0 Å². The third kappa shape index (κ3) is 4.39. The number of nitrogens with zero attached hydrogens (tertiary/aromatic N) is 1. The lowest BCUT2D eigenvalue weighted by atomic mass is 10.2. The van der Waals surface area contributed by atoms with Gasteiger partial charge in [0.2, 0.25) is 10.0 Å². The summed E-state index contributed by atoms with van der Waals surface area (Å²) in [5, 5.41) is 0. The van der Waals surface area contributed by atoms with Crippen molar-refractivity contribution in [2.75, 3.05) is 38.9 Å². The van der Waals surface area contributed by atoms with Crippen LogP contribution in [0.25, 0.3) is 0 Å². The average molecular weight is 420 g/mol. The summed E-state index contributed by atoms with van der Waals surface area (Å²) in [6.45, 7) is 0.727. The van der Waals surface area contributed by atoms with Gasteiger partial charge in [-0.1, -0.05) is 0 Å². The first-order valence-electron chi connectivity index (χ1n) is 8.83. The first-order valence-corrected chi connectivity index (χ1v) is 12.1. The highest BCUT2D eigenvalue weighted by Gasteiger charge is 2.41. The van der Waals surface area contributed by atoms with E-state index in [1.807, 2.05) is 0 Å². The molecule has 27 heavy (non-hydrogen) atoms. The van der Waals surface area contributed by atoms with Gasteiger partial charge >= 0.3 is 0 Å². The number of rotatable bonds is 7. The first kappa shape index (κ1) is 20.4. The maximum absolute atomic E-state index is 13.5. The molecule has 10 heteroatoms. The fourth-order valence-corrected chi connectivity index (χ4v) is 7.20. The number of methoxy groups -OCH3 is 2. The number of benzene rings is 1. The van der Waals surface area contributed by atoms with Crippen LogP contribution >= 0.6 is 0 Å². The number of sulfone groups is 1. The third-order valence-corrected chi connectivity index (χ3v) is 8.69. The molecule has 2 saturated heterocycles. The Morgan fingerprint density at radius 2 is 2.00 bits per heavy atom. The molecule has 0 bridgehead atoms. The minimum atomic E-state index is -3.98. The van der Waals surface area contributed by atoms with Crippen LogP contribution < -0.4 is 9.47 Å². The quantitative estimate of drug-likeness (QED) is 0.652. The molecular weight excluding hydrogens is 394 g/mol. The van der Waals surface area contributed by atoms with Gasteiger partial charge < -0.3 is 14.2 Å². The fraction of sp³-hybridized carbons (Fsp3) is 0.647. The van der Waals surface area contributed by atoms with Gasteiger partial charge in [-0.15, -0.1) is 0 Å². The highest BCUT2D eigenvalue weighted by molar-refractivity contribution is 7.92. The highest BCUT2D eigenvalue weighted by Crippen LogP contribution is 2.34. The molecule has 0 radical (unpaired) electrons. The molecule has 2 aliphatic heterocycles. The lowest BCUT2D eigenvalue weighted by Crippen LogP contribution is -2.45. The van der Waals surface area contributed by atoms with Crippen molar-refractivity contribution < 1.29 is 31.0 Å². The molecule has 0 unspecified atom stereocenters. The lowest BCUT2D eigenvalue weighted by Gasteiger charge is -2.30. The van der Waals surface area contributed by atoms with Gasteiger partial charge in [0.25, 0.3) is 0 Å². The zero-order valence-electron chi connectivity index (χ0n) is 15.5. The van der Waals surface area contributed by atoms with Crippen LogP contribution in [0.2, 0.25) is 0 Å². The zero-order valence-corrected chi connectivity index (χ0v) is 17.1.